The van der Waals surface area contributed by atoms with Crippen LogP contribution in [0.5, 0.6) is 0 Å². The van der Waals surface area contributed by atoms with Gasteiger partial charge in [-0.3, -0.25) is 0 Å². The third-order valence-corrected chi connectivity index (χ3v) is 5.66. The van der Waals surface area contributed by atoms with Crippen molar-refractivity contribution in [3.8, 4) is 0 Å². The molecule has 2 atom stereocenters. The summed E-state index contributed by atoms with van der Waals surface area (Å²) < 4.78 is 13.8. The van der Waals surface area contributed by atoms with Crippen LogP contribution >= 0.6 is 11.8 Å². The highest BCUT2D eigenvalue weighted by Gasteiger charge is 2.25. The smallest absolute Gasteiger partial charge is 0.137 e. The Bertz CT molecular complexity index is 466. The lowest BCUT2D eigenvalue weighted by atomic mass is 10.0. The Hall–Kier alpha value is -0.580. The van der Waals surface area contributed by atoms with Gasteiger partial charge in [0.1, 0.15) is 5.82 Å². The van der Waals surface area contributed by atoms with Gasteiger partial charge in [0.2, 0.25) is 0 Å². The molecule has 2 aliphatic heterocycles. The Kier molecular flexibility index (Phi) is 4.64. The van der Waals surface area contributed by atoms with Gasteiger partial charge in [0.15, 0.2) is 0 Å². The maximum atomic E-state index is 13.8. The lowest BCUT2D eigenvalue weighted by Crippen LogP contribution is -2.31. The first kappa shape index (κ1) is 14.4. The van der Waals surface area contributed by atoms with Gasteiger partial charge >= 0.3 is 0 Å². The number of hydrogen-bond donors (Lipinski definition) is 1. The minimum absolute atomic E-state index is 0.0583. The van der Waals surface area contributed by atoms with Crippen LogP contribution in [0.1, 0.15) is 31.4 Å². The van der Waals surface area contributed by atoms with Gasteiger partial charge in [-0.25, -0.2) is 4.39 Å². The maximum absolute atomic E-state index is 13.8. The van der Waals surface area contributed by atoms with Crippen molar-refractivity contribution < 1.29 is 4.39 Å². The monoisotopic (exact) mass is 294 g/mol. The zero-order chi connectivity index (χ0) is 13.9. The van der Waals surface area contributed by atoms with Crippen LogP contribution in [0.15, 0.2) is 23.1 Å². The van der Waals surface area contributed by atoms with Crippen molar-refractivity contribution in [1.82, 2.24) is 10.2 Å². The summed E-state index contributed by atoms with van der Waals surface area (Å²) in [5.74, 6) is 1.70. The number of hydrogen-bond acceptors (Lipinski definition) is 3. The topological polar surface area (TPSA) is 15.3 Å². The van der Waals surface area contributed by atoms with Crippen molar-refractivity contribution in [2.24, 2.45) is 5.92 Å². The molecule has 2 unspecified atom stereocenters. The molecule has 0 radical (unpaired) electrons. The van der Waals surface area contributed by atoms with Gasteiger partial charge in [0.05, 0.1) is 0 Å². The minimum Gasteiger partial charge on any atom is -0.310 e. The molecule has 3 rings (SSSR count). The molecule has 1 fully saturated rings. The summed E-state index contributed by atoms with van der Waals surface area (Å²) >= 11 is 1.66. The summed E-state index contributed by atoms with van der Waals surface area (Å²) in [5.41, 5.74) is 1.16. The molecule has 110 valence electrons. The normalized spacial score (nSPS) is 26.7. The molecule has 2 nitrogen and oxygen atoms in total. The van der Waals surface area contributed by atoms with Crippen LogP contribution in [0.3, 0.4) is 0 Å². The van der Waals surface area contributed by atoms with E-state index >= 15 is 0 Å². The molecule has 4 heteroatoms. The summed E-state index contributed by atoms with van der Waals surface area (Å²) in [6.07, 6.45) is 2.39. The van der Waals surface area contributed by atoms with E-state index in [1.165, 1.54) is 19.5 Å². The Labute approximate surface area is 125 Å². The second-order valence-electron chi connectivity index (χ2n) is 5.80. The largest absolute Gasteiger partial charge is 0.310 e. The first-order chi connectivity index (χ1) is 9.78. The molecule has 20 heavy (non-hydrogen) atoms. The molecule has 0 saturated carbocycles. The number of nitrogens with one attached hydrogen (secondary N) is 1. The molecule has 0 aromatic heterocycles. The lowest BCUT2D eigenvalue weighted by Gasteiger charge is -2.27. The standard InChI is InChI=1S/C16H23FN2S/c1-2-19-8-6-12(11-19)10-18-15-7-9-20-16-13(15)4-3-5-14(16)17/h3-5,12,15,18H,2,6-11H2,1H3. The average Bonchev–Trinajstić information content (AvgIpc) is 2.94. The fraction of sp³-hybridized carbons (Fsp3) is 0.625. The quantitative estimate of drug-likeness (QED) is 0.917. The zero-order valence-corrected chi connectivity index (χ0v) is 12.9. The van der Waals surface area contributed by atoms with Crippen LogP contribution in [0.25, 0.3) is 0 Å². The van der Waals surface area contributed by atoms with Gasteiger partial charge in [0.25, 0.3) is 0 Å². The summed E-state index contributed by atoms with van der Waals surface area (Å²) in [5, 5.41) is 3.68. The molecule has 0 spiro atoms. The number of fused-ring (bicyclic) bond motifs is 1. The lowest BCUT2D eigenvalue weighted by molar-refractivity contribution is 0.334. The van der Waals surface area contributed by atoms with E-state index in [0.29, 0.717) is 6.04 Å². The van der Waals surface area contributed by atoms with Crippen LogP contribution in [0, 0.1) is 11.7 Å². The Morgan fingerprint density at radius 2 is 2.30 bits per heavy atom. The highest BCUT2D eigenvalue weighted by atomic mass is 32.2. The molecule has 1 N–H and O–H groups in total. The minimum atomic E-state index is -0.0583. The van der Waals surface area contributed by atoms with Crippen LogP contribution in [-0.4, -0.2) is 36.8 Å². The first-order valence-corrected chi connectivity index (χ1v) is 8.63. The van der Waals surface area contributed by atoms with Gasteiger partial charge in [-0.15, -0.1) is 11.8 Å². The zero-order valence-electron chi connectivity index (χ0n) is 12.1. The second kappa shape index (κ2) is 6.46. The fourth-order valence-electron chi connectivity index (χ4n) is 3.27. The Morgan fingerprint density at radius 1 is 1.40 bits per heavy atom. The number of nitrogens with zero attached hydrogens (tertiary/aromatic N) is 1. The highest BCUT2D eigenvalue weighted by Crippen LogP contribution is 2.37. The van der Waals surface area contributed by atoms with E-state index < -0.39 is 0 Å². The third-order valence-electron chi connectivity index (χ3n) is 4.50. The molecule has 2 aliphatic rings. The number of likely N-dealkylation sites (tertiary alicyclic amines) is 1. The number of thioether (sulfide) groups is 1. The van der Waals surface area contributed by atoms with E-state index in [1.54, 1.807) is 17.8 Å². The van der Waals surface area contributed by atoms with Crippen molar-refractivity contribution >= 4 is 11.8 Å². The van der Waals surface area contributed by atoms with Crippen molar-refractivity contribution in [2.45, 2.75) is 30.7 Å². The summed E-state index contributed by atoms with van der Waals surface area (Å²) in [6.45, 7) is 6.88. The third kappa shape index (κ3) is 3.02. The van der Waals surface area contributed by atoms with Crippen molar-refractivity contribution in [3.05, 3.63) is 29.6 Å². The Balaban J connectivity index is 1.61. The van der Waals surface area contributed by atoms with Crippen LogP contribution in [-0.2, 0) is 0 Å². The molecular formula is C16H23FN2S. The molecule has 2 heterocycles. The van der Waals surface area contributed by atoms with Crippen LogP contribution in [0.4, 0.5) is 4.39 Å². The maximum Gasteiger partial charge on any atom is 0.137 e. The predicted molar refractivity (Wildman–Crippen MR) is 82.7 cm³/mol. The molecular weight excluding hydrogens is 271 g/mol. The molecule has 1 aromatic rings. The predicted octanol–water partition coefficient (Wildman–Crippen LogP) is 3.29. The van der Waals surface area contributed by atoms with Crippen molar-refractivity contribution in [2.75, 3.05) is 31.9 Å². The van der Waals surface area contributed by atoms with Crippen LogP contribution < -0.4 is 5.32 Å². The van der Waals surface area contributed by atoms with E-state index in [4.69, 9.17) is 0 Å². The molecule has 1 aromatic carbocycles. The summed E-state index contributed by atoms with van der Waals surface area (Å²) in [4.78, 5) is 3.37. The van der Waals surface area contributed by atoms with Crippen LogP contribution in [0.2, 0.25) is 0 Å². The molecule has 0 bridgehead atoms. The Morgan fingerprint density at radius 3 is 3.10 bits per heavy atom. The number of rotatable bonds is 4. The second-order valence-corrected chi connectivity index (χ2v) is 6.91. The van der Waals surface area contributed by atoms with E-state index in [1.807, 2.05) is 6.07 Å². The van der Waals surface area contributed by atoms with Gasteiger partial charge in [0, 0.05) is 17.5 Å². The van der Waals surface area contributed by atoms with Crippen molar-refractivity contribution in [3.63, 3.8) is 0 Å². The van der Waals surface area contributed by atoms with Gasteiger partial charge in [-0.2, -0.15) is 0 Å². The molecule has 1 saturated heterocycles. The SMILES string of the molecule is CCN1CCC(CNC2CCSc3c(F)cccc32)C1. The van der Waals surface area contributed by atoms with E-state index in [0.717, 1.165) is 41.6 Å². The van der Waals surface area contributed by atoms with Gasteiger partial charge in [-0.05, 0) is 55.8 Å². The fourth-order valence-corrected chi connectivity index (χ4v) is 4.41. The highest BCUT2D eigenvalue weighted by molar-refractivity contribution is 7.99. The number of halogens is 1. The summed E-state index contributed by atoms with van der Waals surface area (Å²) in [6, 6.07) is 5.82. The molecule has 0 aliphatic carbocycles. The van der Waals surface area contributed by atoms with E-state index in [9.17, 15) is 4.39 Å². The van der Waals surface area contributed by atoms with Gasteiger partial charge < -0.3 is 10.2 Å². The first-order valence-electron chi connectivity index (χ1n) is 7.65. The van der Waals surface area contributed by atoms with E-state index in [-0.39, 0.29) is 5.82 Å². The average molecular weight is 294 g/mol. The number of benzene rings is 1. The molecule has 0 amide bonds. The van der Waals surface area contributed by atoms with Gasteiger partial charge in [-0.1, -0.05) is 19.1 Å². The van der Waals surface area contributed by atoms with Crippen molar-refractivity contribution in [1.29, 1.82) is 0 Å². The summed E-state index contributed by atoms with van der Waals surface area (Å²) in [7, 11) is 0. The van der Waals surface area contributed by atoms with E-state index in [2.05, 4.69) is 23.2 Å².